The second kappa shape index (κ2) is 6.05. The molecule has 3 heteroatoms. The lowest BCUT2D eigenvalue weighted by Gasteiger charge is -2.38. The number of nitrogens with zero attached hydrogens (tertiary/aromatic N) is 1. The molecule has 0 spiro atoms. The van der Waals surface area contributed by atoms with E-state index < -0.39 is 0 Å². The van der Waals surface area contributed by atoms with Crippen molar-refractivity contribution in [1.82, 2.24) is 4.90 Å². The summed E-state index contributed by atoms with van der Waals surface area (Å²) >= 11 is 0. The Hall–Kier alpha value is -0.570. The third-order valence-corrected chi connectivity index (χ3v) is 5.03. The fraction of sp³-hybridized carbons (Fsp3) is 0.933. The number of aliphatic hydroxyl groups excluding tert-OH is 1. The summed E-state index contributed by atoms with van der Waals surface area (Å²) in [6, 6.07) is 0. The van der Waals surface area contributed by atoms with Gasteiger partial charge >= 0.3 is 0 Å². The van der Waals surface area contributed by atoms with Crippen LogP contribution in [0.2, 0.25) is 0 Å². The van der Waals surface area contributed by atoms with Crippen LogP contribution in [0.1, 0.15) is 58.3 Å². The van der Waals surface area contributed by atoms with Gasteiger partial charge in [0.05, 0.1) is 0 Å². The molecular weight excluding hydrogens is 226 g/mol. The molecule has 1 aliphatic carbocycles. The Kier molecular flexibility index (Phi) is 4.66. The molecule has 2 fully saturated rings. The molecular formula is C15H27NO2. The molecule has 1 unspecified atom stereocenters. The van der Waals surface area contributed by atoms with E-state index in [4.69, 9.17) is 5.11 Å². The van der Waals surface area contributed by atoms with Gasteiger partial charge in [-0.05, 0) is 44.4 Å². The zero-order valence-corrected chi connectivity index (χ0v) is 11.7. The van der Waals surface area contributed by atoms with Crippen molar-refractivity contribution in [3.8, 4) is 0 Å². The molecule has 0 aromatic rings. The van der Waals surface area contributed by atoms with Crippen LogP contribution in [0.25, 0.3) is 0 Å². The second-order valence-electron chi connectivity index (χ2n) is 6.11. The fourth-order valence-corrected chi connectivity index (χ4v) is 3.77. The average Bonchev–Trinajstić information content (AvgIpc) is 2.88. The SMILES string of the molecule is CCC1(C(=O)N2CCCC(CCO)C2)CCCC1. The van der Waals surface area contributed by atoms with Gasteiger partial charge in [-0.25, -0.2) is 0 Å². The van der Waals surface area contributed by atoms with E-state index in [1.165, 1.54) is 19.3 Å². The van der Waals surface area contributed by atoms with Gasteiger partial charge in [-0.1, -0.05) is 19.8 Å². The minimum atomic E-state index is -0.0406. The van der Waals surface area contributed by atoms with Gasteiger partial charge in [-0.2, -0.15) is 0 Å². The van der Waals surface area contributed by atoms with E-state index in [2.05, 4.69) is 11.8 Å². The fourth-order valence-electron chi connectivity index (χ4n) is 3.77. The van der Waals surface area contributed by atoms with Crippen molar-refractivity contribution in [1.29, 1.82) is 0 Å². The number of hydrogen-bond donors (Lipinski definition) is 1. The summed E-state index contributed by atoms with van der Waals surface area (Å²) in [5, 5.41) is 9.05. The Morgan fingerprint density at radius 1 is 1.33 bits per heavy atom. The van der Waals surface area contributed by atoms with Crippen molar-refractivity contribution in [3.05, 3.63) is 0 Å². The van der Waals surface area contributed by atoms with Crippen LogP contribution < -0.4 is 0 Å². The highest BCUT2D eigenvalue weighted by Crippen LogP contribution is 2.43. The van der Waals surface area contributed by atoms with Gasteiger partial charge in [0.15, 0.2) is 0 Å². The van der Waals surface area contributed by atoms with Crippen LogP contribution in [0, 0.1) is 11.3 Å². The number of amides is 1. The number of piperidine rings is 1. The van der Waals surface area contributed by atoms with Crippen LogP contribution in [-0.4, -0.2) is 35.6 Å². The van der Waals surface area contributed by atoms with Gasteiger partial charge < -0.3 is 10.0 Å². The first-order valence-corrected chi connectivity index (χ1v) is 7.62. The van der Waals surface area contributed by atoms with E-state index >= 15 is 0 Å². The maximum atomic E-state index is 12.8. The zero-order valence-electron chi connectivity index (χ0n) is 11.7. The van der Waals surface area contributed by atoms with Crippen LogP contribution in [0.3, 0.4) is 0 Å². The first-order valence-electron chi connectivity index (χ1n) is 7.62. The van der Waals surface area contributed by atoms with E-state index in [0.29, 0.717) is 11.8 Å². The molecule has 2 aliphatic rings. The summed E-state index contributed by atoms with van der Waals surface area (Å²) in [5.41, 5.74) is -0.0406. The maximum absolute atomic E-state index is 12.8. The van der Waals surface area contributed by atoms with Crippen molar-refractivity contribution in [2.75, 3.05) is 19.7 Å². The quantitative estimate of drug-likeness (QED) is 0.836. The predicted octanol–water partition coefficient (Wildman–Crippen LogP) is 2.58. The molecule has 0 aromatic carbocycles. The largest absolute Gasteiger partial charge is 0.396 e. The first-order chi connectivity index (χ1) is 8.72. The normalized spacial score (nSPS) is 27.4. The molecule has 0 radical (unpaired) electrons. The second-order valence-corrected chi connectivity index (χ2v) is 6.11. The van der Waals surface area contributed by atoms with Gasteiger partial charge in [0.1, 0.15) is 0 Å². The van der Waals surface area contributed by atoms with Crippen LogP contribution in [-0.2, 0) is 4.79 Å². The van der Waals surface area contributed by atoms with E-state index in [1.807, 2.05) is 0 Å². The summed E-state index contributed by atoms with van der Waals surface area (Å²) in [7, 11) is 0. The molecule has 18 heavy (non-hydrogen) atoms. The van der Waals surface area contributed by atoms with Gasteiger partial charge in [0.25, 0.3) is 0 Å². The monoisotopic (exact) mass is 253 g/mol. The molecule has 1 saturated carbocycles. The van der Waals surface area contributed by atoms with Crippen LogP contribution in [0.15, 0.2) is 0 Å². The Morgan fingerprint density at radius 3 is 2.67 bits per heavy atom. The molecule has 1 aliphatic heterocycles. The van der Waals surface area contributed by atoms with Gasteiger partial charge in [0.2, 0.25) is 5.91 Å². The third kappa shape index (κ3) is 2.71. The smallest absolute Gasteiger partial charge is 0.228 e. The third-order valence-electron chi connectivity index (χ3n) is 5.03. The van der Waals surface area contributed by atoms with Crippen LogP contribution >= 0.6 is 0 Å². The van der Waals surface area contributed by atoms with Crippen molar-refractivity contribution in [2.45, 2.75) is 58.3 Å². The molecule has 1 saturated heterocycles. The minimum Gasteiger partial charge on any atom is -0.396 e. The molecule has 0 bridgehead atoms. The number of likely N-dealkylation sites (tertiary alicyclic amines) is 1. The van der Waals surface area contributed by atoms with E-state index in [9.17, 15) is 4.79 Å². The minimum absolute atomic E-state index is 0.0406. The van der Waals surface area contributed by atoms with E-state index in [0.717, 1.165) is 45.2 Å². The van der Waals surface area contributed by atoms with Crippen molar-refractivity contribution in [3.63, 3.8) is 0 Å². The van der Waals surface area contributed by atoms with Crippen molar-refractivity contribution < 1.29 is 9.90 Å². The number of aliphatic hydroxyl groups is 1. The average molecular weight is 253 g/mol. The predicted molar refractivity (Wildman–Crippen MR) is 72.2 cm³/mol. The van der Waals surface area contributed by atoms with E-state index in [1.54, 1.807) is 0 Å². The molecule has 0 aromatic heterocycles. The molecule has 1 N–H and O–H groups in total. The Bertz CT molecular complexity index is 282. The number of hydrogen-bond acceptors (Lipinski definition) is 2. The summed E-state index contributed by atoms with van der Waals surface area (Å²) in [5.74, 6) is 0.924. The number of carbonyl (C=O) groups excluding carboxylic acids is 1. The molecule has 1 heterocycles. The molecule has 3 nitrogen and oxygen atoms in total. The summed E-state index contributed by atoms with van der Waals surface area (Å²) < 4.78 is 0. The topological polar surface area (TPSA) is 40.5 Å². The molecule has 1 amide bonds. The van der Waals surface area contributed by atoms with Gasteiger partial charge in [0, 0.05) is 25.1 Å². The molecule has 104 valence electrons. The Balaban J connectivity index is 1.99. The lowest BCUT2D eigenvalue weighted by atomic mass is 9.81. The molecule has 2 rings (SSSR count). The highest BCUT2D eigenvalue weighted by atomic mass is 16.3. The first kappa shape index (κ1) is 13.9. The maximum Gasteiger partial charge on any atom is 0.228 e. The van der Waals surface area contributed by atoms with Crippen LogP contribution in [0.4, 0.5) is 0 Å². The lowest BCUT2D eigenvalue weighted by molar-refractivity contribution is -0.144. The number of rotatable bonds is 4. The van der Waals surface area contributed by atoms with E-state index in [-0.39, 0.29) is 12.0 Å². The number of carbonyl (C=O) groups is 1. The zero-order chi connectivity index (χ0) is 13.0. The molecule has 1 atom stereocenters. The lowest BCUT2D eigenvalue weighted by Crippen LogP contribution is -2.47. The van der Waals surface area contributed by atoms with Crippen molar-refractivity contribution >= 4 is 5.91 Å². The van der Waals surface area contributed by atoms with Crippen molar-refractivity contribution in [2.24, 2.45) is 11.3 Å². The summed E-state index contributed by atoms with van der Waals surface area (Å²) in [6.07, 6.45) is 8.73. The Morgan fingerprint density at radius 2 is 2.06 bits per heavy atom. The summed E-state index contributed by atoms with van der Waals surface area (Å²) in [4.78, 5) is 14.9. The van der Waals surface area contributed by atoms with Crippen LogP contribution in [0.5, 0.6) is 0 Å². The Labute approximate surface area is 111 Å². The highest BCUT2D eigenvalue weighted by molar-refractivity contribution is 5.83. The van der Waals surface area contributed by atoms with Gasteiger partial charge in [-0.15, -0.1) is 0 Å². The van der Waals surface area contributed by atoms with Gasteiger partial charge in [-0.3, -0.25) is 4.79 Å². The highest BCUT2D eigenvalue weighted by Gasteiger charge is 2.42. The standard InChI is InChI=1S/C15H27NO2/c1-2-15(8-3-4-9-15)14(18)16-10-5-6-13(12-16)7-11-17/h13,17H,2-12H2,1H3. The summed E-state index contributed by atoms with van der Waals surface area (Å²) in [6.45, 7) is 4.23.